The Morgan fingerprint density at radius 1 is 1.64 bits per heavy atom. The molecule has 0 amide bonds. The number of hydrogen-bond acceptors (Lipinski definition) is 3. The van der Waals surface area contributed by atoms with Crippen LogP contribution in [-0.4, -0.2) is 9.78 Å². The molecule has 2 N–H and O–H groups in total. The van der Waals surface area contributed by atoms with Gasteiger partial charge < -0.3 is 10.2 Å². The van der Waals surface area contributed by atoms with Gasteiger partial charge in [-0.25, -0.2) is 4.68 Å². The summed E-state index contributed by atoms with van der Waals surface area (Å²) in [5.74, 6) is 0.694. The maximum atomic E-state index is 5.87. The normalized spacial score (nSPS) is 13.0. The van der Waals surface area contributed by atoms with Crippen molar-refractivity contribution in [2.24, 2.45) is 0 Å². The fourth-order valence-electron chi connectivity index (χ4n) is 1.31. The smallest absolute Gasteiger partial charge is 0.135 e. The van der Waals surface area contributed by atoms with E-state index in [2.05, 4.69) is 27.7 Å². The highest BCUT2D eigenvalue weighted by atomic mass is 127. The molecule has 2 aromatic heterocycles. The Morgan fingerprint density at radius 3 is 2.93 bits per heavy atom. The molecular formula is C9H10IN3O. The second-order valence-electron chi connectivity index (χ2n) is 3.05. The molecule has 4 nitrogen and oxygen atoms in total. The van der Waals surface area contributed by atoms with Crippen LogP contribution in [0.3, 0.4) is 0 Å². The molecule has 0 bridgehead atoms. The van der Waals surface area contributed by atoms with E-state index in [9.17, 15) is 0 Å². The van der Waals surface area contributed by atoms with Gasteiger partial charge >= 0.3 is 0 Å². The zero-order valence-corrected chi connectivity index (χ0v) is 9.80. The molecule has 0 saturated heterocycles. The van der Waals surface area contributed by atoms with E-state index < -0.39 is 0 Å². The summed E-state index contributed by atoms with van der Waals surface area (Å²) in [6, 6.07) is 2.02. The van der Waals surface area contributed by atoms with E-state index in [1.807, 2.05) is 13.0 Å². The van der Waals surface area contributed by atoms with E-state index in [4.69, 9.17) is 10.2 Å². The zero-order chi connectivity index (χ0) is 10.1. The van der Waals surface area contributed by atoms with Crippen LogP contribution < -0.4 is 5.73 Å². The Bertz CT molecular complexity index is 421. The molecule has 0 radical (unpaired) electrons. The Balaban J connectivity index is 2.36. The molecule has 74 valence electrons. The molecule has 2 aromatic rings. The fourth-order valence-corrected chi connectivity index (χ4v) is 1.68. The summed E-state index contributed by atoms with van der Waals surface area (Å²) in [7, 11) is 0. The summed E-state index contributed by atoms with van der Waals surface area (Å²) in [5.41, 5.74) is 6.94. The first-order valence-electron chi connectivity index (χ1n) is 4.20. The van der Waals surface area contributed by atoms with Gasteiger partial charge in [0.05, 0.1) is 28.3 Å². The van der Waals surface area contributed by atoms with Gasteiger partial charge in [0.25, 0.3) is 0 Å². The Morgan fingerprint density at radius 2 is 2.43 bits per heavy atom. The second-order valence-corrected chi connectivity index (χ2v) is 4.22. The minimum Gasteiger partial charge on any atom is -0.472 e. The van der Waals surface area contributed by atoms with Crippen molar-refractivity contribution in [2.45, 2.75) is 13.0 Å². The number of rotatable bonds is 2. The van der Waals surface area contributed by atoms with Crippen LogP contribution in [0, 0.1) is 3.57 Å². The van der Waals surface area contributed by atoms with Gasteiger partial charge in [0.2, 0.25) is 0 Å². The first-order chi connectivity index (χ1) is 6.70. The predicted octanol–water partition coefficient (Wildman–Crippen LogP) is 2.27. The molecule has 0 fully saturated rings. The van der Waals surface area contributed by atoms with Crippen LogP contribution in [0.4, 0.5) is 5.82 Å². The molecule has 0 aliphatic rings. The second kappa shape index (κ2) is 3.64. The quantitative estimate of drug-likeness (QED) is 0.866. The van der Waals surface area contributed by atoms with Gasteiger partial charge in [-0.15, -0.1) is 0 Å². The van der Waals surface area contributed by atoms with Gasteiger partial charge in [-0.3, -0.25) is 0 Å². The summed E-state index contributed by atoms with van der Waals surface area (Å²) in [4.78, 5) is 0. The Hall–Kier alpha value is -0.980. The fraction of sp³-hybridized carbons (Fsp3) is 0.222. The molecule has 0 aliphatic heterocycles. The first kappa shape index (κ1) is 9.57. The molecule has 5 heteroatoms. The van der Waals surface area contributed by atoms with Crippen molar-refractivity contribution in [1.82, 2.24) is 9.78 Å². The van der Waals surface area contributed by atoms with Gasteiger partial charge in [0.15, 0.2) is 0 Å². The Labute approximate surface area is 95.2 Å². The van der Waals surface area contributed by atoms with E-state index in [0.717, 1.165) is 9.13 Å². The zero-order valence-electron chi connectivity index (χ0n) is 7.64. The van der Waals surface area contributed by atoms with E-state index in [1.54, 1.807) is 23.4 Å². The van der Waals surface area contributed by atoms with Crippen molar-refractivity contribution < 1.29 is 4.42 Å². The molecule has 0 aliphatic carbocycles. The minimum absolute atomic E-state index is 0.109. The summed E-state index contributed by atoms with van der Waals surface area (Å²) in [5, 5.41) is 4.21. The molecule has 1 unspecified atom stereocenters. The Kier molecular flexibility index (Phi) is 2.49. The topological polar surface area (TPSA) is 57.0 Å². The van der Waals surface area contributed by atoms with Crippen molar-refractivity contribution in [3.63, 3.8) is 0 Å². The lowest BCUT2D eigenvalue weighted by Gasteiger charge is -2.11. The van der Waals surface area contributed by atoms with Crippen LogP contribution in [0.25, 0.3) is 0 Å². The van der Waals surface area contributed by atoms with Crippen molar-refractivity contribution in [2.75, 3.05) is 5.73 Å². The SMILES string of the molecule is CC(c1ccoc1)n1ncc(I)c1N. The lowest BCUT2D eigenvalue weighted by molar-refractivity contribution is 0.537. The van der Waals surface area contributed by atoms with Crippen molar-refractivity contribution in [3.05, 3.63) is 33.9 Å². The minimum atomic E-state index is 0.109. The molecule has 0 spiro atoms. The summed E-state index contributed by atoms with van der Waals surface area (Å²) >= 11 is 2.16. The van der Waals surface area contributed by atoms with Gasteiger partial charge in [-0.2, -0.15) is 5.10 Å². The number of nitrogen functional groups attached to an aromatic ring is 1. The van der Waals surface area contributed by atoms with Crippen LogP contribution in [0.1, 0.15) is 18.5 Å². The van der Waals surface area contributed by atoms with Crippen molar-refractivity contribution >= 4 is 28.4 Å². The third-order valence-electron chi connectivity index (χ3n) is 2.18. The largest absolute Gasteiger partial charge is 0.472 e. The number of nitrogens with zero attached hydrogens (tertiary/aromatic N) is 2. The monoisotopic (exact) mass is 303 g/mol. The third kappa shape index (κ3) is 1.52. The van der Waals surface area contributed by atoms with Crippen LogP contribution >= 0.6 is 22.6 Å². The molecule has 2 rings (SSSR count). The highest BCUT2D eigenvalue weighted by molar-refractivity contribution is 14.1. The lowest BCUT2D eigenvalue weighted by atomic mass is 10.2. The highest BCUT2D eigenvalue weighted by Gasteiger charge is 2.13. The standard InChI is InChI=1S/C9H10IN3O/c1-6(7-2-3-14-5-7)13-9(11)8(10)4-12-13/h2-6H,11H2,1H3. The van der Waals surface area contributed by atoms with Gasteiger partial charge in [0, 0.05) is 5.56 Å². The average Bonchev–Trinajstić information content (AvgIpc) is 2.77. The maximum absolute atomic E-state index is 5.87. The number of anilines is 1. The van der Waals surface area contributed by atoms with Gasteiger partial charge in [-0.1, -0.05) is 0 Å². The van der Waals surface area contributed by atoms with Crippen LogP contribution in [-0.2, 0) is 0 Å². The third-order valence-corrected chi connectivity index (χ3v) is 3.01. The summed E-state index contributed by atoms with van der Waals surface area (Å²) < 4.78 is 7.77. The van der Waals surface area contributed by atoms with Crippen molar-refractivity contribution in [1.29, 1.82) is 0 Å². The molecule has 14 heavy (non-hydrogen) atoms. The predicted molar refractivity (Wildman–Crippen MR) is 61.9 cm³/mol. The molecule has 1 atom stereocenters. The van der Waals surface area contributed by atoms with Crippen LogP contribution in [0.2, 0.25) is 0 Å². The molecule has 2 heterocycles. The van der Waals surface area contributed by atoms with Crippen LogP contribution in [0.15, 0.2) is 29.2 Å². The van der Waals surface area contributed by atoms with E-state index in [1.165, 1.54) is 0 Å². The number of hydrogen-bond donors (Lipinski definition) is 1. The summed E-state index contributed by atoms with van der Waals surface area (Å²) in [6.07, 6.45) is 5.11. The molecule has 0 saturated carbocycles. The molecular weight excluding hydrogens is 293 g/mol. The number of nitrogens with two attached hydrogens (primary N) is 1. The van der Waals surface area contributed by atoms with Gasteiger partial charge in [-0.05, 0) is 35.6 Å². The van der Waals surface area contributed by atoms with E-state index >= 15 is 0 Å². The van der Waals surface area contributed by atoms with E-state index in [0.29, 0.717) is 5.82 Å². The number of halogens is 1. The lowest BCUT2D eigenvalue weighted by Crippen LogP contribution is -2.10. The first-order valence-corrected chi connectivity index (χ1v) is 5.28. The average molecular weight is 303 g/mol. The number of furan rings is 1. The van der Waals surface area contributed by atoms with E-state index in [-0.39, 0.29) is 6.04 Å². The maximum Gasteiger partial charge on any atom is 0.135 e. The van der Waals surface area contributed by atoms with Crippen molar-refractivity contribution in [3.8, 4) is 0 Å². The highest BCUT2D eigenvalue weighted by Crippen LogP contribution is 2.23. The molecule has 0 aromatic carbocycles. The van der Waals surface area contributed by atoms with Gasteiger partial charge in [0.1, 0.15) is 5.82 Å². The number of aromatic nitrogens is 2. The van der Waals surface area contributed by atoms with Crippen LogP contribution in [0.5, 0.6) is 0 Å². The summed E-state index contributed by atoms with van der Waals surface area (Å²) in [6.45, 7) is 2.03.